The molecular formula is C14H20O4. The van der Waals surface area contributed by atoms with Crippen LogP contribution >= 0.6 is 0 Å². The first-order chi connectivity index (χ1) is 8.52. The van der Waals surface area contributed by atoms with Crippen LogP contribution in [0.15, 0.2) is 18.2 Å². The summed E-state index contributed by atoms with van der Waals surface area (Å²) < 4.78 is 16.5. The van der Waals surface area contributed by atoms with Crippen LogP contribution in [0.4, 0.5) is 0 Å². The maximum Gasteiger partial charge on any atom is 0.166 e. The van der Waals surface area contributed by atoms with Crippen molar-refractivity contribution in [3.8, 4) is 11.5 Å². The zero-order chi connectivity index (χ0) is 13.2. The van der Waals surface area contributed by atoms with Gasteiger partial charge in [-0.15, -0.1) is 0 Å². The molecule has 1 atom stereocenters. The molecule has 0 aliphatic carbocycles. The van der Waals surface area contributed by atoms with Gasteiger partial charge in [-0.05, 0) is 19.9 Å². The lowest BCUT2D eigenvalue weighted by molar-refractivity contribution is 0.0742. The molecule has 18 heavy (non-hydrogen) atoms. The third kappa shape index (κ3) is 2.76. The van der Waals surface area contributed by atoms with E-state index in [1.807, 2.05) is 18.2 Å². The highest BCUT2D eigenvalue weighted by Crippen LogP contribution is 2.38. The van der Waals surface area contributed by atoms with Crippen LogP contribution in [0.1, 0.15) is 25.8 Å². The maximum atomic E-state index is 10.1. The molecular weight excluding hydrogens is 232 g/mol. The largest absolute Gasteiger partial charge is 0.492 e. The van der Waals surface area contributed by atoms with Crippen molar-refractivity contribution >= 4 is 0 Å². The minimum absolute atomic E-state index is 0.0657. The van der Waals surface area contributed by atoms with Crippen LogP contribution in [0.2, 0.25) is 0 Å². The van der Waals surface area contributed by atoms with Crippen LogP contribution < -0.4 is 9.47 Å². The van der Waals surface area contributed by atoms with Gasteiger partial charge in [0.1, 0.15) is 6.10 Å². The highest BCUT2D eigenvalue weighted by atomic mass is 16.6. The Hall–Kier alpha value is -1.26. The Kier molecular flexibility index (Phi) is 3.78. The van der Waals surface area contributed by atoms with Crippen molar-refractivity contribution in [1.29, 1.82) is 0 Å². The van der Waals surface area contributed by atoms with Crippen molar-refractivity contribution in [2.75, 3.05) is 20.3 Å². The first-order valence-electron chi connectivity index (χ1n) is 6.16. The second kappa shape index (κ2) is 5.16. The second-order valence-corrected chi connectivity index (χ2v) is 5.00. The van der Waals surface area contributed by atoms with Crippen LogP contribution in [0.3, 0.4) is 0 Å². The van der Waals surface area contributed by atoms with E-state index in [0.717, 1.165) is 18.6 Å². The number of ether oxygens (including phenoxy) is 3. The molecule has 1 saturated heterocycles. The topological polar surface area (TPSA) is 47.9 Å². The summed E-state index contributed by atoms with van der Waals surface area (Å²) in [5, 5.41) is 10.1. The summed E-state index contributed by atoms with van der Waals surface area (Å²) in [5.41, 5.74) is -0.238. The Morgan fingerprint density at radius 1 is 1.39 bits per heavy atom. The van der Waals surface area contributed by atoms with Gasteiger partial charge in [-0.1, -0.05) is 12.1 Å². The van der Waals surface area contributed by atoms with Gasteiger partial charge >= 0.3 is 0 Å². The normalized spacial score (nSPS) is 19.9. The number of rotatable bonds is 4. The summed E-state index contributed by atoms with van der Waals surface area (Å²) >= 11 is 0. The van der Waals surface area contributed by atoms with Gasteiger partial charge in [-0.3, -0.25) is 0 Å². The number of methoxy groups -OCH3 is 1. The Morgan fingerprint density at radius 2 is 2.17 bits per heavy atom. The summed E-state index contributed by atoms with van der Waals surface area (Å²) in [6.45, 7) is 4.80. The van der Waals surface area contributed by atoms with E-state index in [2.05, 4.69) is 0 Å². The van der Waals surface area contributed by atoms with Gasteiger partial charge in [0.15, 0.2) is 11.5 Å². The number of para-hydroxylation sites is 1. The highest BCUT2D eigenvalue weighted by Gasteiger charge is 2.25. The fraction of sp³-hybridized carbons (Fsp3) is 0.571. The van der Waals surface area contributed by atoms with E-state index >= 15 is 0 Å². The smallest absolute Gasteiger partial charge is 0.166 e. The zero-order valence-electron chi connectivity index (χ0n) is 11.1. The van der Waals surface area contributed by atoms with E-state index in [4.69, 9.17) is 14.2 Å². The van der Waals surface area contributed by atoms with Crippen molar-refractivity contribution in [3.63, 3.8) is 0 Å². The Morgan fingerprint density at radius 3 is 2.72 bits per heavy atom. The van der Waals surface area contributed by atoms with Crippen molar-refractivity contribution in [3.05, 3.63) is 23.8 Å². The fourth-order valence-electron chi connectivity index (χ4n) is 2.09. The summed E-state index contributed by atoms with van der Waals surface area (Å²) in [4.78, 5) is 0. The molecule has 0 radical (unpaired) electrons. The SMILES string of the molecule is COc1c(OC2CCOC2)cccc1C(C)(C)O. The Labute approximate surface area is 107 Å². The maximum absolute atomic E-state index is 10.1. The van der Waals surface area contributed by atoms with Crippen LogP contribution in [0, 0.1) is 0 Å². The van der Waals surface area contributed by atoms with Gasteiger partial charge in [0.05, 0.1) is 25.9 Å². The molecule has 1 aromatic carbocycles. The highest BCUT2D eigenvalue weighted by molar-refractivity contribution is 5.49. The van der Waals surface area contributed by atoms with E-state index < -0.39 is 5.60 Å². The lowest BCUT2D eigenvalue weighted by Gasteiger charge is -2.23. The molecule has 1 N–H and O–H groups in total. The third-order valence-corrected chi connectivity index (χ3v) is 3.02. The standard InChI is InChI=1S/C14H20O4/c1-14(2,15)11-5-4-6-12(13(11)16-3)18-10-7-8-17-9-10/h4-6,10,15H,7-9H2,1-3H3. The van der Waals surface area contributed by atoms with Gasteiger partial charge in [0, 0.05) is 12.0 Å². The molecule has 0 bridgehead atoms. The number of aliphatic hydroxyl groups is 1. The van der Waals surface area contributed by atoms with Gasteiger partial charge in [0.2, 0.25) is 0 Å². The average molecular weight is 252 g/mol. The predicted molar refractivity (Wildman–Crippen MR) is 68.1 cm³/mol. The first-order valence-corrected chi connectivity index (χ1v) is 6.16. The van der Waals surface area contributed by atoms with E-state index in [-0.39, 0.29) is 6.10 Å². The average Bonchev–Trinajstić information content (AvgIpc) is 2.80. The molecule has 1 aliphatic heterocycles. The van der Waals surface area contributed by atoms with Gasteiger partial charge in [-0.25, -0.2) is 0 Å². The Balaban J connectivity index is 2.29. The van der Waals surface area contributed by atoms with Crippen molar-refractivity contribution < 1.29 is 19.3 Å². The van der Waals surface area contributed by atoms with E-state index in [9.17, 15) is 5.11 Å². The van der Waals surface area contributed by atoms with E-state index in [0.29, 0.717) is 18.1 Å². The molecule has 1 unspecified atom stereocenters. The molecule has 100 valence electrons. The van der Waals surface area contributed by atoms with Gasteiger partial charge in [-0.2, -0.15) is 0 Å². The van der Waals surface area contributed by atoms with Gasteiger partial charge in [0.25, 0.3) is 0 Å². The molecule has 1 heterocycles. The Bertz CT molecular complexity index is 403. The van der Waals surface area contributed by atoms with Crippen LogP contribution in [-0.2, 0) is 10.3 Å². The second-order valence-electron chi connectivity index (χ2n) is 5.00. The van der Waals surface area contributed by atoms with Crippen LogP contribution in [0.25, 0.3) is 0 Å². The summed E-state index contributed by atoms with van der Waals surface area (Å²) in [5.74, 6) is 1.25. The van der Waals surface area contributed by atoms with E-state index in [1.54, 1.807) is 21.0 Å². The quantitative estimate of drug-likeness (QED) is 0.891. The zero-order valence-corrected chi connectivity index (χ0v) is 11.1. The summed E-state index contributed by atoms with van der Waals surface area (Å²) in [6, 6.07) is 5.56. The van der Waals surface area contributed by atoms with Crippen LogP contribution in [0.5, 0.6) is 11.5 Å². The molecule has 0 aromatic heterocycles. The molecule has 0 amide bonds. The lowest BCUT2D eigenvalue weighted by atomic mass is 9.97. The first kappa shape index (κ1) is 13.2. The summed E-state index contributed by atoms with van der Waals surface area (Å²) in [7, 11) is 1.59. The monoisotopic (exact) mass is 252 g/mol. The fourth-order valence-corrected chi connectivity index (χ4v) is 2.09. The van der Waals surface area contributed by atoms with Crippen molar-refractivity contribution in [1.82, 2.24) is 0 Å². The van der Waals surface area contributed by atoms with Crippen LogP contribution in [-0.4, -0.2) is 31.5 Å². The lowest BCUT2D eigenvalue weighted by Crippen LogP contribution is -2.19. The third-order valence-electron chi connectivity index (χ3n) is 3.02. The minimum atomic E-state index is -0.961. The van der Waals surface area contributed by atoms with Crippen molar-refractivity contribution in [2.24, 2.45) is 0 Å². The summed E-state index contributed by atoms with van der Waals surface area (Å²) in [6.07, 6.45) is 0.951. The molecule has 4 heteroatoms. The number of benzene rings is 1. The molecule has 4 nitrogen and oxygen atoms in total. The molecule has 0 spiro atoms. The molecule has 0 saturated carbocycles. The molecule has 1 aromatic rings. The number of hydrogen-bond donors (Lipinski definition) is 1. The number of hydrogen-bond acceptors (Lipinski definition) is 4. The molecule has 1 aliphatic rings. The predicted octanol–water partition coefficient (Wildman–Crippen LogP) is 2.09. The van der Waals surface area contributed by atoms with E-state index in [1.165, 1.54) is 0 Å². The molecule has 1 fully saturated rings. The minimum Gasteiger partial charge on any atom is -0.492 e. The van der Waals surface area contributed by atoms with Gasteiger partial charge < -0.3 is 19.3 Å². The van der Waals surface area contributed by atoms with Crippen molar-refractivity contribution in [2.45, 2.75) is 32.0 Å². The molecule has 2 rings (SSSR count).